The van der Waals surface area contributed by atoms with Crippen LogP contribution in [-0.2, 0) is 0 Å². The molecule has 0 unspecified atom stereocenters. The molecule has 2 aromatic carbocycles. The molecule has 6 heteroatoms. The van der Waals surface area contributed by atoms with Crippen molar-refractivity contribution in [3.8, 4) is 0 Å². The van der Waals surface area contributed by atoms with Gasteiger partial charge in [0, 0.05) is 10.4 Å². The molecule has 3 aromatic rings. The number of hydrogen-bond acceptors (Lipinski definition) is 3. The van der Waals surface area contributed by atoms with Crippen molar-refractivity contribution in [3.05, 3.63) is 59.0 Å². The number of nitrogens with one attached hydrogen (secondary N) is 1. The molecule has 3 nitrogen and oxygen atoms in total. The smallest absolute Gasteiger partial charge is 0.265 e. The van der Waals surface area contributed by atoms with Gasteiger partial charge in [-0.1, -0.05) is 6.07 Å². The molecule has 0 atom stereocenters. The van der Waals surface area contributed by atoms with Gasteiger partial charge < -0.3 is 11.1 Å². The third-order valence-electron chi connectivity index (χ3n) is 2.94. The van der Waals surface area contributed by atoms with Crippen LogP contribution in [0.1, 0.15) is 9.67 Å². The third kappa shape index (κ3) is 2.71. The summed E-state index contributed by atoms with van der Waals surface area (Å²) in [6.45, 7) is 0. The summed E-state index contributed by atoms with van der Waals surface area (Å²) in [5.74, 6) is -1.39. The van der Waals surface area contributed by atoms with Gasteiger partial charge in [-0.05, 0) is 41.8 Å². The molecule has 21 heavy (non-hydrogen) atoms. The number of nitrogen functional groups attached to an aromatic ring is 1. The first-order chi connectivity index (χ1) is 10.0. The molecule has 3 rings (SSSR count). The van der Waals surface area contributed by atoms with Gasteiger partial charge >= 0.3 is 0 Å². The highest BCUT2D eigenvalue weighted by molar-refractivity contribution is 7.20. The number of thiophene rings is 1. The highest BCUT2D eigenvalue weighted by Gasteiger charge is 2.13. The van der Waals surface area contributed by atoms with E-state index in [0.717, 1.165) is 16.7 Å². The molecule has 0 aliphatic rings. The highest BCUT2D eigenvalue weighted by atomic mass is 32.1. The van der Waals surface area contributed by atoms with E-state index in [1.807, 2.05) is 0 Å². The highest BCUT2D eigenvalue weighted by Crippen LogP contribution is 2.27. The van der Waals surface area contributed by atoms with Crippen molar-refractivity contribution in [2.75, 3.05) is 11.1 Å². The van der Waals surface area contributed by atoms with Crippen LogP contribution in [0.5, 0.6) is 0 Å². The molecule has 1 amide bonds. The predicted octanol–water partition coefficient (Wildman–Crippen LogP) is 4.01. The lowest BCUT2D eigenvalue weighted by atomic mass is 10.2. The molecule has 0 saturated heterocycles. The summed E-state index contributed by atoms with van der Waals surface area (Å²) in [4.78, 5) is 12.5. The number of carbonyl (C=O) groups is 1. The summed E-state index contributed by atoms with van der Waals surface area (Å²) in [6, 6.07) is 9.86. The molecule has 1 heterocycles. The SMILES string of the molecule is Nc1ccc(F)c(NC(=O)c2cc3ccc(F)cc3s2)c1. The second kappa shape index (κ2) is 5.14. The fraction of sp³-hybridized carbons (Fsp3) is 0. The molecular weight excluding hydrogens is 294 g/mol. The summed E-state index contributed by atoms with van der Waals surface area (Å²) in [7, 11) is 0. The van der Waals surface area contributed by atoms with Gasteiger partial charge in [-0.15, -0.1) is 11.3 Å². The maximum atomic E-state index is 13.6. The lowest BCUT2D eigenvalue weighted by molar-refractivity contribution is 0.103. The van der Waals surface area contributed by atoms with Crippen molar-refractivity contribution in [1.29, 1.82) is 0 Å². The first-order valence-corrected chi connectivity index (χ1v) is 6.90. The van der Waals surface area contributed by atoms with E-state index in [2.05, 4.69) is 5.32 Å². The Balaban J connectivity index is 1.91. The van der Waals surface area contributed by atoms with Gasteiger partial charge in [0.25, 0.3) is 5.91 Å². The van der Waals surface area contributed by atoms with Crippen LogP contribution in [0.3, 0.4) is 0 Å². The predicted molar refractivity (Wildman–Crippen MR) is 80.5 cm³/mol. The van der Waals surface area contributed by atoms with E-state index in [-0.39, 0.29) is 11.5 Å². The number of fused-ring (bicyclic) bond motifs is 1. The number of carbonyl (C=O) groups excluding carboxylic acids is 1. The van der Waals surface area contributed by atoms with Gasteiger partial charge in [0.2, 0.25) is 0 Å². The number of anilines is 2. The topological polar surface area (TPSA) is 55.1 Å². The normalized spacial score (nSPS) is 10.8. The van der Waals surface area contributed by atoms with Crippen molar-refractivity contribution in [2.24, 2.45) is 0 Å². The van der Waals surface area contributed by atoms with Crippen LogP contribution in [0, 0.1) is 11.6 Å². The molecular formula is C15H10F2N2OS. The van der Waals surface area contributed by atoms with Gasteiger partial charge in [-0.3, -0.25) is 4.79 Å². The minimum absolute atomic E-state index is 0.0173. The zero-order valence-corrected chi connectivity index (χ0v) is 11.5. The molecule has 0 aliphatic heterocycles. The number of hydrogen-bond donors (Lipinski definition) is 2. The van der Waals surface area contributed by atoms with E-state index < -0.39 is 11.7 Å². The average Bonchev–Trinajstić information content (AvgIpc) is 2.86. The molecule has 0 aliphatic carbocycles. The molecule has 0 radical (unpaired) electrons. The van der Waals surface area contributed by atoms with E-state index >= 15 is 0 Å². The Hall–Kier alpha value is -2.47. The van der Waals surface area contributed by atoms with Crippen LogP contribution < -0.4 is 11.1 Å². The Morgan fingerprint density at radius 2 is 1.90 bits per heavy atom. The Morgan fingerprint density at radius 3 is 2.71 bits per heavy atom. The van der Waals surface area contributed by atoms with Crippen molar-refractivity contribution in [1.82, 2.24) is 0 Å². The number of nitrogens with two attached hydrogens (primary N) is 1. The summed E-state index contributed by atoms with van der Waals surface area (Å²) < 4.78 is 27.4. The van der Waals surface area contributed by atoms with E-state index in [9.17, 15) is 13.6 Å². The molecule has 1 aromatic heterocycles. The Kier molecular flexibility index (Phi) is 3.31. The maximum absolute atomic E-state index is 13.6. The lowest BCUT2D eigenvalue weighted by Crippen LogP contribution is -2.11. The third-order valence-corrected chi connectivity index (χ3v) is 4.04. The summed E-state index contributed by atoms with van der Waals surface area (Å²) in [6.07, 6.45) is 0. The quantitative estimate of drug-likeness (QED) is 0.703. The zero-order chi connectivity index (χ0) is 15.0. The standard InChI is InChI=1S/C15H10F2N2OS/c16-9-2-1-8-5-14(21-13(8)6-9)15(20)19-12-7-10(18)3-4-11(12)17/h1-7H,18H2,(H,19,20). The molecule has 3 N–H and O–H groups in total. The van der Waals surface area contributed by atoms with Crippen LogP contribution in [0.15, 0.2) is 42.5 Å². The lowest BCUT2D eigenvalue weighted by Gasteiger charge is -2.05. The van der Waals surface area contributed by atoms with Gasteiger partial charge in [-0.25, -0.2) is 8.78 Å². The van der Waals surface area contributed by atoms with Crippen LogP contribution in [0.25, 0.3) is 10.1 Å². The van der Waals surface area contributed by atoms with Crippen molar-refractivity contribution in [2.45, 2.75) is 0 Å². The molecule has 106 valence electrons. The van der Waals surface area contributed by atoms with Crippen LogP contribution in [-0.4, -0.2) is 5.91 Å². The number of benzene rings is 2. The van der Waals surface area contributed by atoms with Crippen LogP contribution >= 0.6 is 11.3 Å². The van der Waals surface area contributed by atoms with Crippen LogP contribution in [0.2, 0.25) is 0 Å². The Bertz CT molecular complexity index is 845. The van der Waals surface area contributed by atoms with Gasteiger partial charge in [-0.2, -0.15) is 0 Å². The summed E-state index contributed by atoms with van der Waals surface area (Å²) >= 11 is 1.14. The minimum Gasteiger partial charge on any atom is -0.399 e. The van der Waals surface area contributed by atoms with Gasteiger partial charge in [0.1, 0.15) is 11.6 Å². The fourth-order valence-electron chi connectivity index (χ4n) is 1.94. The minimum atomic E-state index is -0.565. The second-order valence-corrected chi connectivity index (χ2v) is 5.57. The maximum Gasteiger partial charge on any atom is 0.265 e. The van der Waals surface area contributed by atoms with E-state index in [1.54, 1.807) is 12.1 Å². The largest absolute Gasteiger partial charge is 0.399 e. The van der Waals surface area contributed by atoms with Crippen molar-refractivity contribution in [3.63, 3.8) is 0 Å². The fourth-order valence-corrected chi connectivity index (χ4v) is 2.92. The van der Waals surface area contributed by atoms with E-state index in [1.165, 1.54) is 30.3 Å². The van der Waals surface area contributed by atoms with E-state index in [4.69, 9.17) is 5.73 Å². The van der Waals surface area contributed by atoms with Crippen LogP contribution in [0.4, 0.5) is 20.2 Å². The molecule has 0 saturated carbocycles. The molecule has 0 fully saturated rings. The first kappa shape index (κ1) is 13.5. The Labute approximate surface area is 123 Å². The average molecular weight is 304 g/mol. The number of amides is 1. The zero-order valence-electron chi connectivity index (χ0n) is 10.7. The number of rotatable bonds is 2. The molecule has 0 spiro atoms. The molecule has 0 bridgehead atoms. The van der Waals surface area contributed by atoms with Gasteiger partial charge in [0.05, 0.1) is 10.6 Å². The Morgan fingerprint density at radius 1 is 1.10 bits per heavy atom. The monoisotopic (exact) mass is 304 g/mol. The summed E-state index contributed by atoms with van der Waals surface area (Å²) in [5, 5.41) is 3.23. The van der Waals surface area contributed by atoms with Crippen molar-refractivity contribution < 1.29 is 13.6 Å². The summed E-state index contributed by atoms with van der Waals surface area (Å²) in [5.41, 5.74) is 5.93. The van der Waals surface area contributed by atoms with E-state index in [0.29, 0.717) is 15.3 Å². The first-order valence-electron chi connectivity index (χ1n) is 6.08. The number of halogens is 2. The second-order valence-electron chi connectivity index (χ2n) is 4.49. The van der Waals surface area contributed by atoms with Gasteiger partial charge in [0.15, 0.2) is 0 Å². The van der Waals surface area contributed by atoms with Crippen molar-refractivity contribution >= 4 is 38.7 Å².